The Morgan fingerprint density at radius 3 is 2.70 bits per heavy atom. The van der Waals surface area contributed by atoms with Crippen molar-refractivity contribution in [3.63, 3.8) is 0 Å². The van der Waals surface area contributed by atoms with Crippen molar-refractivity contribution in [2.75, 3.05) is 18.2 Å². The van der Waals surface area contributed by atoms with Crippen molar-refractivity contribution in [2.24, 2.45) is 0 Å². The maximum atomic E-state index is 11.7. The summed E-state index contributed by atoms with van der Waals surface area (Å²) in [6, 6.07) is 0. The molecule has 110 valence electrons. The number of carbonyl (C=O) groups excluding carboxylic acids is 1. The van der Waals surface area contributed by atoms with Crippen LogP contribution in [-0.2, 0) is 9.47 Å². The number of aromatic nitrogens is 2. The van der Waals surface area contributed by atoms with Crippen LogP contribution in [0.5, 0.6) is 0 Å². The minimum Gasteiger partial charge on any atom is -0.465 e. The van der Waals surface area contributed by atoms with Gasteiger partial charge in [0.25, 0.3) is 0 Å². The lowest BCUT2D eigenvalue weighted by Crippen LogP contribution is -2.36. The van der Waals surface area contributed by atoms with Gasteiger partial charge in [0.2, 0.25) is 0 Å². The second-order valence-electron chi connectivity index (χ2n) is 4.36. The summed E-state index contributed by atoms with van der Waals surface area (Å²) in [5, 5.41) is 22.2. The number of aliphatic hydroxyl groups is 2. The van der Waals surface area contributed by atoms with Gasteiger partial charge in [0.15, 0.2) is 6.23 Å². The van der Waals surface area contributed by atoms with E-state index >= 15 is 0 Å². The maximum absolute atomic E-state index is 11.7. The molecule has 20 heavy (non-hydrogen) atoms. The Hall–Kier alpha value is -1.97. The first-order valence-electron chi connectivity index (χ1n) is 5.92. The minimum atomic E-state index is -1.16. The number of nitrogen functional groups attached to an aromatic ring is 1. The lowest BCUT2D eigenvalue weighted by Gasteiger charge is -2.18. The lowest BCUT2D eigenvalue weighted by atomic mass is 10.1. The van der Waals surface area contributed by atoms with Crippen LogP contribution in [0, 0.1) is 0 Å². The number of hydrogen-bond donors (Lipinski definition) is 4. The summed E-state index contributed by atoms with van der Waals surface area (Å²) in [7, 11) is 1.20. The first-order chi connectivity index (χ1) is 9.45. The van der Waals surface area contributed by atoms with E-state index in [0.29, 0.717) is 0 Å². The molecule has 1 aromatic heterocycles. The van der Waals surface area contributed by atoms with Gasteiger partial charge in [-0.05, 0) is 6.92 Å². The predicted octanol–water partition coefficient (Wildman–Crippen LogP) is -1.28. The predicted molar refractivity (Wildman–Crippen MR) is 67.8 cm³/mol. The van der Waals surface area contributed by atoms with Gasteiger partial charge in [0, 0.05) is 0 Å². The number of anilines is 2. The van der Waals surface area contributed by atoms with E-state index in [9.17, 15) is 15.0 Å². The Labute approximate surface area is 114 Å². The monoisotopic (exact) mass is 284 g/mol. The average Bonchev–Trinajstić information content (AvgIpc) is 2.66. The first-order valence-corrected chi connectivity index (χ1v) is 5.92. The summed E-state index contributed by atoms with van der Waals surface area (Å²) in [6.45, 7) is 1.62. The quantitative estimate of drug-likeness (QED) is 0.500. The third kappa shape index (κ3) is 2.50. The molecule has 0 saturated carbocycles. The van der Waals surface area contributed by atoms with Crippen molar-refractivity contribution in [1.82, 2.24) is 9.97 Å². The summed E-state index contributed by atoms with van der Waals surface area (Å²) in [6.07, 6.45) is -2.51. The molecule has 1 saturated heterocycles. The summed E-state index contributed by atoms with van der Waals surface area (Å²) < 4.78 is 9.93. The van der Waals surface area contributed by atoms with E-state index in [0.717, 1.165) is 6.33 Å². The molecule has 2 rings (SSSR count). The van der Waals surface area contributed by atoms with E-state index < -0.39 is 30.5 Å². The Morgan fingerprint density at radius 2 is 2.15 bits per heavy atom. The van der Waals surface area contributed by atoms with E-state index in [2.05, 4.69) is 20.0 Å². The van der Waals surface area contributed by atoms with E-state index in [4.69, 9.17) is 10.5 Å². The molecular formula is C11H16N4O5. The molecule has 0 unspecified atom stereocenters. The SMILES string of the molecule is COC(=O)c1c(N)ncnc1N[C@@H]1O[C@H](C)[C@@H](O)[C@H]1O. The zero-order valence-electron chi connectivity index (χ0n) is 11.0. The van der Waals surface area contributed by atoms with Gasteiger partial charge in [0.1, 0.15) is 35.7 Å². The number of hydrogen-bond acceptors (Lipinski definition) is 9. The average molecular weight is 284 g/mol. The van der Waals surface area contributed by atoms with Crippen molar-refractivity contribution in [2.45, 2.75) is 31.5 Å². The Bertz CT molecular complexity index is 512. The Balaban J connectivity index is 2.26. The fraction of sp³-hybridized carbons (Fsp3) is 0.545. The third-order valence-electron chi connectivity index (χ3n) is 3.05. The van der Waals surface area contributed by atoms with Crippen LogP contribution < -0.4 is 11.1 Å². The number of nitrogens with two attached hydrogens (primary N) is 1. The van der Waals surface area contributed by atoms with Gasteiger partial charge in [-0.25, -0.2) is 14.8 Å². The number of esters is 1. The highest BCUT2D eigenvalue weighted by Crippen LogP contribution is 2.25. The van der Waals surface area contributed by atoms with Gasteiger partial charge in [0.05, 0.1) is 13.2 Å². The van der Waals surface area contributed by atoms with Crippen LogP contribution in [0.15, 0.2) is 6.33 Å². The molecule has 9 heteroatoms. The number of nitrogens with zero attached hydrogens (tertiary/aromatic N) is 2. The molecule has 0 aliphatic carbocycles. The molecule has 0 radical (unpaired) electrons. The number of nitrogens with one attached hydrogen (secondary N) is 1. The second-order valence-corrected chi connectivity index (χ2v) is 4.36. The van der Waals surface area contributed by atoms with Gasteiger partial charge in [-0.15, -0.1) is 0 Å². The van der Waals surface area contributed by atoms with Gasteiger partial charge in [-0.2, -0.15) is 0 Å². The largest absolute Gasteiger partial charge is 0.465 e. The summed E-state index contributed by atoms with van der Waals surface area (Å²) in [5.74, 6) is -0.711. The summed E-state index contributed by atoms with van der Waals surface area (Å²) >= 11 is 0. The topological polar surface area (TPSA) is 140 Å². The standard InChI is InChI=1S/C11H16N4O5/c1-4-6(16)7(17)10(20-4)15-9-5(11(18)19-2)8(12)13-3-14-9/h3-4,6-7,10,16-17H,1-2H3,(H3,12,13,14,15)/t4-,6-,7-,10-/m1/s1. The van der Waals surface area contributed by atoms with Crippen LogP contribution in [0.3, 0.4) is 0 Å². The van der Waals surface area contributed by atoms with E-state index in [1.54, 1.807) is 6.92 Å². The van der Waals surface area contributed by atoms with Gasteiger partial charge < -0.3 is 30.7 Å². The first kappa shape index (κ1) is 14.4. The molecule has 2 heterocycles. The van der Waals surface area contributed by atoms with Gasteiger partial charge in [-0.1, -0.05) is 0 Å². The van der Waals surface area contributed by atoms with Crippen LogP contribution in [0.2, 0.25) is 0 Å². The van der Waals surface area contributed by atoms with Crippen LogP contribution in [0.25, 0.3) is 0 Å². The van der Waals surface area contributed by atoms with E-state index in [-0.39, 0.29) is 17.2 Å². The number of methoxy groups -OCH3 is 1. The van der Waals surface area contributed by atoms with Gasteiger partial charge in [-0.3, -0.25) is 0 Å². The minimum absolute atomic E-state index is 0.0557. The van der Waals surface area contributed by atoms with Crippen molar-refractivity contribution in [3.05, 3.63) is 11.9 Å². The van der Waals surface area contributed by atoms with E-state index in [1.807, 2.05) is 0 Å². The molecular weight excluding hydrogens is 268 g/mol. The summed E-state index contributed by atoms with van der Waals surface area (Å²) in [4.78, 5) is 19.3. The molecule has 0 aromatic carbocycles. The van der Waals surface area contributed by atoms with Crippen molar-refractivity contribution < 1.29 is 24.5 Å². The van der Waals surface area contributed by atoms with Gasteiger partial charge >= 0.3 is 5.97 Å². The van der Waals surface area contributed by atoms with Crippen molar-refractivity contribution in [3.8, 4) is 0 Å². The fourth-order valence-electron chi connectivity index (χ4n) is 1.92. The molecule has 1 aliphatic heterocycles. The second kappa shape index (κ2) is 5.57. The number of carbonyl (C=O) groups is 1. The van der Waals surface area contributed by atoms with E-state index in [1.165, 1.54) is 7.11 Å². The normalized spacial score (nSPS) is 29.2. The highest BCUT2D eigenvalue weighted by atomic mass is 16.6. The number of aliphatic hydroxyl groups excluding tert-OH is 2. The van der Waals surface area contributed by atoms with Crippen LogP contribution >= 0.6 is 0 Å². The molecule has 1 aromatic rings. The van der Waals surface area contributed by atoms with Crippen molar-refractivity contribution >= 4 is 17.6 Å². The molecule has 1 aliphatic rings. The smallest absolute Gasteiger partial charge is 0.345 e. The lowest BCUT2D eigenvalue weighted by molar-refractivity contribution is 0.0310. The molecule has 0 bridgehead atoms. The van der Waals surface area contributed by atoms with Crippen LogP contribution in [0.4, 0.5) is 11.6 Å². The molecule has 0 amide bonds. The molecule has 1 fully saturated rings. The summed E-state index contributed by atoms with van der Waals surface area (Å²) in [5.41, 5.74) is 5.56. The highest BCUT2D eigenvalue weighted by Gasteiger charge is 2.41. The molecule has 5 N–H and O–H groups in total. The zero-order chi connectivity index (χ0) is 14.9. The maximum Gasteiger partial charge on any atom is 0.345 e. The number of ether oxygens (including phenoxy) is 2. The highest BCUT2D eigenvalue weighted by molar-refractivity contribution is 5.99. The van der Waals surface area contributed by atoms with Crippen molar-refractivity contribution in [1.29, 1.82) is 0 Å². The molecule has 0 spiro atoms. The fourth-order valence-corrected chi connectivity index (χ4v) is 1.92. The Kier molecular flexibility index (Phi) is 4.02. The molecule has 4 atom stereocenters. The van der Waals surface area contributed by atoms with Crippen LogP contribution in [0.1, 0.15) is 17.3 Å². The zero-order valence-corrected chi connectivity index (χ0v) is 11.0. The Morgan fingerprint density at radius 1 is 1.45 bits per heavy atom. The number of rotatable bonds is 3. The third-order valence-corrected chi connectivity index (χ3v) is 3.05. The van der Waals surface area contributed by atoms with Crippen LogP contribution in [-0.4, -0.2) is 57.8 Å². The molecule has 9 nitrogen and oxygen atoms in total.